The number of aromatic hydroxyl groups is 1. The molecular formula is C19H14ClN5O2. The van der Waals surface area contributed by atoms with E-state index in [1.165, 1.54) is 18.5 Å². The van der Waals surface area contributed by atoms with Crippen molar-refractivity contribution in [3.63, 3.8) is 0 Å². The largest absolute Gasteiger partial charge is 0.507 e. The molecule has 0 saturated heterocycles. The summed E-state index contributed by atoms with van der Waals surface area (Å²) < 4.78 is 0. The van der Waals surface area contributed by atoms with Crippen LogP contribution < -0.4 is 5.43 Å². The SMILES string of the molecule is O=C(NN=Cc1cc(N=Nc2ccccc2Cl)ccc1O)c1cccnc1. The van der Waals surface area contributed by atoms with Crippen LogP contribution in [0, 0.1) is 0 Å². The molecule has 0 aliphatic carbocycles. The highest BCUT2D eigenvalue weighted by Gasteiger charge is 2.04. The molecule has 0 unspecified atom stereocenters. The lowest BCUT2D eigenvalue weighted by molar-refractivity contribution is 0.0954. The monoisotopic (exact) mass is 379 g/mol. The number of hydrogen-bond acceptors (Lipinski definition) is 6. The number of phenolic OH excluding ortho intramolecular Hbond substituents is 1. The number of carbonyl (C=O) groups excluding carboxylic acids is 1. The highest BCUT2D eigenvalue weighted by atomic mass is 35.5. The zero-order valence-corrected chi connectivity index (χ0v) is 14.7. The van der Waals surface area contributed by atoms with Crippen LogP contribution in [0.4, 0.5) is 11.4 Å². The second-order valence-electron chi connectivity index (χ2n) is 5.34. The summed E-state index contributed by atoms with van der Waals surface area (Å²) in [5, 5.41) is 22.5. The van der Waals surface area contributed by atoms with Gasteiger partial charge in [-0.1, -0.05) is 23.7 Å². The number of phenols is 1. The van der Waals surface area contributed by atoms with Gasteiger partial charge < -0.3 is 5.11 Å². The minimum absolute atomic E-state index is 0.00827. The van der Waals surface area contributed by atoms with Gasteiger partial charge in [-0.3, -0.25) is 9.78 Å². The Balaban J connectivity index is 1.72. The first kappa shape index (κ1) is 18.2. The van der Waals surface area contributed by atoms with Gasteiger partial charge in [0.15, 0.2) is 0 Å². The van der Waals surface area contributed by atoms with E-state index in [0.29, 0.717) is 27.5 Å². The second kappa shape index (κ2) is 8.68. The van der Waals surface area contributed by atoms with Gasteiger partial charge >= 0.3 is 0 Å². The predicted molar refractivity (Wildman–Crippen MR) is 103 cm³/mol. The van der Waals surface area contributed by atoms with E-state index in [1.807, 2.05) is 0 Å². The molecule has 0 radical (unpaired) electrons. The van der Waals surface area contributed by atoms with E-state index in [-0.39, 0.29) is 5.75 Å². The lowest BCUT2D eigenvalue weighted by Crippen LogP contribution is -2.17. The molecule has 2 N–H and O–H groups in total. The van der Waals surface area contributed by atoms with E-state index in [1.54, 1.807) is 54.7 Å². The Kier molecular flexibility index (Phi) is 5.86. The maximum absolute atomic E-state index is 11.9. The summed E-state index contributed by atoms with van der Waals surface area (Å²) in [4.78, 5) is 15.8. The summed E-state index contributed by atoms with van der Waals surface area (Å²) in [6.45, 7) is 0. The van der Waals surface area contributed by atoms with Gasteiger partial charge in [0.25, 0.3) is 5.91 Å². The quantitative estimate of drug-likeness (QED) is 0.384. The molecule has 0 aliphatic rings. The zero-order valence-electron chi connectivity index (χ0n) is 14.0. The summed E-state index contributed by atoms with van der Waals surface area (Å²) in [5.41, 5.74) is 4.14. The van der Waals surface area contributed by atoms with E-state index >= 15 is 0 Å². The number of carbonyl (C=O) groups is 1. The molecular weight excluding hydrogens is 366 g/mol. The molecule has 3 aromatic rings. The molecule has 0 spiro atoms. The number of hydrogen-bond donors (Lipinski definition) is 2. The van der Waals surface area contributed by atoms with Gasteiger partial charge in [-0.05, 0) is 42.5 Å². The molecule has 0 saturated carbocycles. The van der Waals surface area contributed by atoms with Gasteiger partial charge in [-0.25, -0.2) is 5.43 Å². The van der Waals surface area contributed by atoms with Crippen LogP contribution in [0.5, 0.6) is 5.75 Å². The molecule has 2 aromatic carbocycles. The smallest absolute Gasteiger partial charge is 0.272 e. The molecule has 1 aromatic heterocycles. The average Bonchev–Trinajstić information content (AvgIpc) is 2.70. The molecule has 1 amide bonds. The molecule has 1 heterocycles. The molecule has 27 heavy (non-hydrogen) atoms. The molecule has 134 valence electrons. The topological polar surface area (TPSA) is 99.3 Å². The van der Waals surface area contributed by atoms with Gasteiger partial charge in [0.05, 0.1) is 22.5 Å². The van der Waals surface area contributed by atoms with Crippen molar-refractivity contribution in [2.45, 2.75) is 0 Å². The van der Waals surface area contributed by atoms with Crippen molar-refractivity contribution in [1.82, 2.24) is 10.4 Å². The van der Waals surface area contributed by atoms with Crippen molar-refractivity contribution in [1.29, 1.82) is 0 Å². The maximum atomic E-state index is 11.9. The van der Waals surface area contributed by atoms with Crippen molar-refractivity contribution < 1.29 is 9.90 Å². The Hall–Kier alpha value is -3.58. The van der Waals surface area contributed by atoms with Crippen LogP contribution >= 0.6 is 11.6 Å². The van der Waals surface area contributed by atoms with E-state index in [2.05, 4.69) is 25.7 Å². The highest BCUT2D eigenvalue weighted by Crippen LogP contribution is 2.27. The molecule has 3 rings (SSSR count). The summed E-state index contributed by atoms with van der Waals surface area (Å²) in [6.07, 6.45) is 4.32. The fourth-order valence-electron chi connectivity index (χ4n) is 2.07. The number of pyridine rings is 1. The fourth-order valence-corrected chi connectivity index (χ4v) is 2.25. The molecule has 0 fully saturated rings. The molecule has 0 atom stereocenters. The van der Waals surface area contributed by atoms with Crippen LogP contribution in [0.15, 0.2) is 82.3 Å². The van der Waals surface area contributed by atoms with Gasteiger partial charge in [0, 0.05) is 18.0 Å². The number of aromatic nitrogens is 1. The van der Waals surface area contributed by atoms with Crippen LogP contribution in [-0.2, 0) is 0 Å². The first-order valence-electron chi connectivity index (χ1n) is 7.86. The Morgan fingerprint density at radius 1 is 1.11 bits per heavy atom. The Bertz CT molecular complexity index is 1010. The first-order chi connectivity index (χ1) is 13.1. The van der Waals surface area contributed by atoms with Gasteiger partial charge in [0.1, 0.15) is 11.4 Å². The van der Waals surface area contributed by atoms with Gasteiger partial charge in [-0.15, -0.1) is 5.11 Å². The third-order valence-electron chi connectivity index (χ3n) is 3.43. The van der Waals surface area contributed by atoms with Crippen LogP contribution in [0.3, 0.4) is 0 Å². The standard InChI is InChI=1S/C19H14ClN5O2/c20-16-5-1-2-6-17(16)24-23-15-7-8-18(26)14(10-15)12-22-25-19(27)13-4-3-9-21-11-13/h1-12,26H,(H,25,27). The van der Waals surface area contributed by atoms with Crippen LogP contribution in [0.25, 0.3) is 0 Å². The number of rotatable bonds is 5. The molecule has 7 nitrogen and oxygen atoms in total. The number of hydrazone groups is 1. The van der Waals surface area contributed by atoms with Crippen LogP contribution in [0.1, 0.15) is 15.9 Å². The van der Waals surface area contributed by atoms with E-state index in [0.717, 1.165) is 0 Å². The maximum Gasteiger partial charge on any atom is 0.272 e. The number of azo groups is 1. The summed E-state index contributed by atoms with van der Waals surface area (Å²) in [5.74, 6) is -0.417. The van der Waals surface area contributed by atoms with E-state index in [9.17, 15) is 9.90 Å². The third kappa shape index (κ3) is 4.96. The van der Waals surface area contributed by atoms with Crippen molar-refractivity contribution in [2.75, 3.05) is 0 Å². The lowest BCUT2D eigenvalue weighted by Gasteiger charge is -2.01. The average molecular weight is 380 g/mol. The predicted octanol–water partition coefficient (Wildman–Crippen LogP) is 4.62. The zero-order chi connectivity index (χ0) is 19.1. The van der Waals surface area contributed by atoms with E-state index < -0.39 is 5.91 Å². The lowest BCUT2D eigenvalue weighted by atomic mass is 10.2. The second-order valence-corrected chi connectivity index (χ2v) is 5.74. The van der Waals surface area contributed by atoms with Crippen LogP contribution in [-0.4, -0.2) is 22.2 Å². The number of nitrogens with zero attached hydrogens (tertiary/aromatic N) is 4. The fraction of sp³-hybridized carbons (Fsp3) is 0. The van der Waals surface area contributed by atoms with Crippen LogP contribution in [0.2, 0.25) is 5.02 Å². The molecule has 0 aliphatic heterocycles. The Morgan fingerprint density at radius 2 is 1.96 bits per heavy atom. The minimum atomic E-state index is -0.409. The highest BCUT2D eigenvalue weighted by molar-refractivity contribution is 6.32. The van der Waals surface area contributed by atoms with Gasteiger partial charge in [0.2, 0.25) is 0 Å². The van der Waals surface area contributed by atoms with Crippen molar-refractivity contribution in [3.05, 3.63) is 83.1 Å². The summed E-state index contributed by atoms with van der Waals surface area (Å²) >= 11 is 6.04. The normalized spacial score (nSPS) is 11.1. The van der Waals surface area contributed by atoms with E-state index in [4.69, 9.17) is 11.6 Å². The molecule has 0 bridgehead atoms. The summed E-state index contributed by atoms with van der Waals surface area (Å²) in [6, 6.07) is 15.0. The van der Waals surface area contributed by atoms with Crippen molar-refractivity contribution in [3.8, 4) is 5.75 Å². The molecule has 8 heteroatoms. The Morgan fingerprint density at radius 3 is 2.74 bits per heavy atom. The van der Waals surface area contributed by atoms with Crippen molar-refractivity contribution in [2.24, 2.45) is 15.3 Å². The van der Waals surface area contributed by atoms with Gasteiger partial charge in [-0.2, -0.15) is 10.2 Å². The minimum Gasteiger partial charge on any atom is -0.507 e. The number of amides is 1. The number of nitrogens with one attached hydrogen (secondary N) is 1. The summed E-state index contributed by atoms with van der Waals surface area (Å²) in [7, 11) is 0. The number of benzene rings is 2. The Labute approximate surface area is 160 Å². The van der Waals surface area contributed by atoms with Crippen molar-refractivity contribution >= 4 is 35.1 Å². The first-order valence-corrected chi connectivity index (χ1v) is 8.24. The number of halogens is 1. The third-order valence-corrected chi connectivity index (χ3v) is 3.75.